The molecule has 2 aliphatic carbocycles. The highest BCUT2D eigenvalue weighted by molar-refractivity contribution is 7.81. The Balaban J connectivity index is 1.97. The van der Waals surface area contributed by atoms with Gasteiger partial charge in [-0.2, -0.15) is 17.6 Å². The lowest BCUT2D eigenvalue weighted by Gasteiger charge is -2.48. The zero-order valence-corrected chi connectivity index (χ0v) is 14.4. The van der Waals surface area contributed by atoms with Gasteiger partial charge in [0.1, 0.15) is 0 Å². The van der Waals surface area contributed by atoms with Crippen molar-refractivity contribution in [3.63, 3.8) is 0 Å². The maximum atomic E-state index is 13.2. The predicted octanol–water partition coefficient (Wildman–Crippen LogP) is 4.93. The van der Waals surface area contributed by atoms with Crippen molar-refractivity contribution in [1.82, 2.24) is 0 Å². The lowest BCUT2D eigenvalue weighted by atomic mass is 9.57. The third-order valence-electron chi connectivity index (χ3n) is 5.15. The molecule has 0 heterocycles. The molecule has 0 aromatic heterocycles. The smallest absolute Gasteiger partial charge is 0.353 e. The van der Waals surface area contributed by atoms with Crippen molar-refractivity contribution in [3.05, 3.63) is 0 Å². The molecule has 2 nitrogen and oxygen atoms in total. The van der Waals surface area contributed by atoms with Crippen LogP contribution in [-0.2, 0) is 9.53 Å². The third-order valence-corrected chi connectivity index (χ3v) is 5.48. The van der Waals surface area contributed by atoms with Crippen LogP contribution in [0, 0.1) is 23.2 Å². The number of carbonyl (C=O) groups is 1. The number of thiol groups is 1. The second-order valence-electron chi connectivity index (χ2n) is 7.57. The highest BCUT2D eigenvalue weighted by Crippen LogP contribution is 2.53. The Bertz CT molecular complexity index is 430. The van der Waals surface area contributed by atoms with Gasteiger partial charge in [0.05, 0.1) is 18.4 Å². The van der Waals surface area contributed by atoms with E-state index in [2.05, 4.69) is 26.5 Å². The zero-order chi connectivity index (χ0) is 17.5. The van der Waals surface area contributed by atoms with Crippen molar-refractivity contribution in [2.45, 2.75) is 63.5 Å². The minimum absolute atomic E-state index is 0.386. The Morgan fingerprint density at radius 2 is 1.65 bits per heavy atom. The summed E-state index contributed by atoms with van der Waals surface area (Å²) in [6.07, 6.45) is 3.02. The normalized spacial score (nSPS) is 35.0. The van der Waals surface area contributed by atoms with Crippen LogP contribution in [0.3, 0.4) is 0 Å². The first-order chi connectivity index (χ1) is 10.5. The molecule has 2 aliphatic rings. The molecular weight excluding hydrogens is 332 g/mol. The standard InChI is InChI=1S/C16H24F4O2S/c1-10-5-12-6-11(2)8-14(7-10,9-12)13(21)22-4-3-15(17,18)16(19,20)23/h10-12,23H,3-9H2,1-2H3. The summed E-state index contributed by atoms with van der Waals surface area (Å²) in [5.41, 5.74) is -0.626. The van der Waals surface area contributed by atoms with Crippen molar-refractivity contribution >= 4 is 18.6 Å². The fourth-order valence-corrected chi connectivity index (χ4v) is 4.64. The Kier molecular flexibility index (Phi) is 5.29. The quantitative estimate of drug-likeness (QED) is 0.429. The second kappa shape index (κ2) is 6.45. The molecule has 2 saturated carbocycles. The van der Waals surface area contributed by atoms with E-state index in [1.54, 1.807) is 0 Å². The summed E-state index contributed by atoms with van der Waals surface area (Å²) in [6, 6.07) is 0. The number of fused-ring (bicyclic) bond motifs is 2. The summed E-state index contributed by atoms with van der Waals surface area (Å²) < 4.78 is 56.7. The van der Waals surface area contributed by atoms with Crippen LogP contribution in [0.1, 0.15) is 52.4 Å². The van der Waals surface area contributed by atoms with Gasteiger partial charge in [0.25, 0.3) is 0 Å². The number of carbonyl (C=O) groups excluding carboxylic acids is 1. The number of esters is 1. The lowest BCUT2D eigenvalue weighted by molar-refractivity contribution is -0.178. The van der Waals surface area contributed by atoms with Gasteiger partial charge in [0.2, 0.25) is 0 Å². The molecule has 0 aromatic rings. The minimum atomic E-state index is -4.42. The Morgan fingerprint density at radius 3 is 2.13 bits per heavy atom. The molecule has 2 atom stereocenters. The van der Waals surface area contributed by atoms with Crippen molar-refractivity contribution in [2.24, 2.45) is 23.2 Å². The third kappa shape index (κ3) is 4.15. The van der Waals surface area contributed by atoms with Crippen LogP contribution in [0.25, 0.3) is 0 Å². The van der Waals surface area contributed by atoms with E-state index in [-0.39, 0.29) is 0 Å². The van der Waals surface area contributed by atoms with E-state index in [1.165, 1.54) is 0 Å². The molecule has 0 aliphatic heterocycles. The van der Waals surface area contributed by atoms with Crippen LogP contribution in [0.5, 0.6) is 0 Å². The first-order valence-corrected chi connectivity index (χ1v) is 8.55. The largest absolute Gasteiger partial charge is 0.465 e. The molecule has 0 spiro atoms. The highest BCUT2D eigenvalue weighted by atomic mass is 32.1. The van der Waals surface area contributed by atoms with Gasteiger partial charge in [0.15, 0.2) is 0 Å². The van der Waals surface area contributed by atoms with Crippen LogP contribution in [-0.4, -0.2) is 23.8 Å². The topological polar surface area (TPSA) is 26.3 Å². The summed E-state index contributed by atoms with van der Waals surface area (Å²) in [5, 5.41) is -4.42. The molecule has 2 unspecified atom stereocenters. The monoisotopic (exact) mass is 356 g/mol. The Hall–Kier alpha value is -0.460. The van der Waals surface area contributed by atoms with Crippen LogP contribution in [0.4, 0.5) is 17.6 Å². The number of ether oxygens (including phenoxy) is 1. The molecule has 0 aromatic carbocycles. The summed E-state index contributed by atoms with van der Waals surface area (Å²) in [6.45, 7) is 3.46. The maximum absolute atomic E-state index is 13.2. The van der Waals surface area contributed by atoms with Gasteiger partial charge in [-0.3, -0.25) is 4.79 Å². The fraction of sp³-hybridized carbons (Fsp3) is 0.938. The maximum Gasteiger partial charge on any atom is 0.353 e. The predicted molar refractivity (Wildman–Crippen MR) is 81.8 cm³/mol. The van der Waals surface area contributed by atoms with E-state index in [0.29, 0.717) is 30.6 Å². The minimum Gasteiger partial charge on any atom is -0.465 e. The highest BCUT2D eigenvalue weighted by Gasteiger charge is 2.54. The average molecular weight is 356 g/mol. The summed E-state index contributed by atoms with van der Waals surface area (Å²) in [7, 11) is 0. The molecule has 7 heteroatoms. The first-order valence-electron chi connectivity index (χ1n) is 8.10. The van der Waals surface area contributed by atoms with E-state index in [9.17, 15) is 22.4 Å². The van der Waals surface area contributed by atoms with Gasteiger partial charge in [-0.15, -0.1) is 0 Å². The number of halogens is 4. The summed E-state index contributed by atoms with van der Waals surface area (Å²) in [4.78, 5) is 12.5. The number of rotatable bonds is 5. The van der Waals surface area contributed by atoms with Crippen molar-refractivity contribution in [1.29, 1.82) is 0 Å². The summed E-state index contributed by atoms with van der Waals surface area (Å²) in [5.74, 6) is -3.57. The molecule has 134 valence electrons. The van der Waals surface area contributed by atoms with Gasteiger partial charge in [0, 0.05) is 0 Å². The average Bonchev–Trinajstić information content (AvgIpc) is 2.34. The van der Waals surface area contributed by atoms with E-state index in [4.69, 9.17) is 4.74 Å². The van der Waals surface area contributed by atoms with Gasteiger partial charge < -0.3 is 4.74 Å². The van der Waals surface area contributed by atoms with Gasteiger partial charge in [-0.1, -0.05) is 26.5 Å². The van der Waals surface area contributed by atoms with Crippen LogP contribution < -0.4 is 0 Å². The SMILES string of the molecule is CC1CC2CC(C)CC(C(=O)OCCC(F)(F)C(F)(F)S)(C1)C2. The lowest BCUT2D eigenvalue weighted by Crippen LogP contribution is -2.45. The van der Waals surface area contributed by atoms with E-state index < -0.39 is 35.6 Å². The molecule has 2 fully saturated rings. The molecule has 0 N–H and O–H groups in total. The number of alkyl halides is 4. The molecule has 23 heavy (non-hydrogen) atoms. The van der Waals surface area contributed by atoms with Crippen LogP contribution in [0.2, 0.25) is 0 Å². The molecule has 2 bridgehead atoms. The zero-order valence-electron chi connectivity index (χ0n) is 13.5. The van der Waals surface area contributed by atoms with Crippen LogP contribution >= 0.6 is 12.6 Å². The van der Waals surface area contributed by atoms with Gasteiger partial charge in [-0.05, 0) is 49.9 Å². The molecule has 0 saturated heterocycles. The molecule has 0 amide bonds. The van der Waals surface area contributed by atoms with Gasteiger partial charge >= 0.3 is 17.1 Å². The Labute approximate surface area is 139 Å². The van der Waals surface area contributed by atoms with Crippen molar-refractivity contribution in [2.75, 3.05) is 6.61 Å². The van der Waals surface area contributed by atoms with Crippen molar-refractivity contribution in [3.8, 4) is 0 Å². The molecule has 2 rings (SSSR count). The second-order valence-corrected chi connectivity index (χ2v) is 8.13. The fourth-order valence-electron chi connectivity index (χ4n) is 4.53. The van der Waals surface area contributed by atoms with Gasteiger partial charge in [-0.25, -0.2) is 0 Å². The van der Waals surface area contributed by atoms with Crippen molar-refractivity contribution < 1.29 is 27.1 Å². The molecular formula is C16H24F4O2S. The van der Waals surface area contributed by atoms with E-state index in [1.807, 2.05) is 0 Å². The first kappa shape index (κ1) is 18.9. The summed E-state index contributed by atoms with van der Waals surface area (Å²) >= 11 is 2.62. The number of hydrogen-bond acceptors (Lipinski definition) is 3. The molecule has 0 radical (unpaired) electrons. The van der Waals surface area contributed by atoms with E-state index in [0.717, 1.165) is 19.3 Å². The van der Waals surface area contributed by atoms with Crippen LogP contribution in [0.15, 0.2) is 0 Å². The number of hydrogen-bond donors (Lipinski definition) is 1. The van der Waals surface area contributed by atoms with E-state index >= 15 is 0 Å². The Morgan fingerprint density at radius 1 is 1.13 bits per heavy atom.